The summed E-state index contributed by atoms with van der Waals surface area (Å²) in [6.07, 6.45) is 10.5. The molecule has 31 heavy (non-hydrogen) atoms. The van der Waals surface area contributed by atoms with Gasteiger partial charge in [-0.2, -0.15) is 0 Å². The zero-order valence-corrected chi connectivity index (χ0v) is 17.1. The monoisotopic (exact) mass is 420 g/mol. The van der Waals surface area contributed by atoms with Gasteiger partial charge in [-0.1, -0.05) is 48.2 Å². The van der Waals surface area contributed by atoms with Gasteiger partial charge in [-0.3, -0.25) is 0 Å². The Morgan fingerprint density at radius 1 is 0.677 bits per heavy atom. The second-order valence-corrected chi connectivity index (χ2v) is 6.78. The highest BCUT2D eigenvalue weighted by atomic mass is 16.6. The molecule has 0 aromatic heterocycles. The van der Waals surface area contributed by atoms with Crippen LogP contribution in [-0.2, 0) is 18.9 Å². The number of carbonyl (C=O) groups excluding carboxylic acids is 2. The first-order chi connectivity index (χ1) is 15.1. The van der Waals surface area contributed by atoms with Crippen LogP contribution in [0.1, 0.15) is 20.7 Å². The van der Waals surface area contributed by atoms with E-state index in [0.717, 1.165) is 0 Å². The molecule has 0 spiro atoms. The van der Waals surface area contributed by atoms with Gasteiger partial charge in [0, 0.05) is 0 Å². The standard InChI is InChI=1S/C25H24O6/c1-3-15-28-17-25(18-29-16-4-2,19-30-23(26)21-11-7-5-8-12-21)20-31-24(27)22-13-9-6-10-14-22/h1-2,5-14H,15-20H2. The van der Waals surface area contributed by atoms with Crippen LogP contribution in [0.5, 0.6) is 0 Å². The van der Waals surface area contributed by atoms with Crippen molar-refractivity contribution < 1.29 is 28.5 Å². The molecule has 2 aromatic carbocycles. The predicted molar refractivity (Wildman–Crippen MR) is 115 cm³/mol. The second kappa shape index (κ2) is 12.9. The first-order valence-electron chi connectivity index (χ1n) is 9.57. The Labute approximate surface area is 182 Å². The normalized spacial score (nSPS) is 10.5. The van der Waals surface area contributed by atoms with Crippen molar-refractivity contribution in [1.82, 2.24) is 0 Å². The molecule has 2 rings (SSSR count). The summed E-state index contributed by atoms with van der Waals surface area (Å²) in [5.74, 6) is 3.72. The van der Waals surface area contributed by atoms with Crippen LogP contribution >= 0.6 is 0 Å². The number of carbonyl (C=O) groups is 2. The molecule has 0 aliphatic carbocycles. The van der Waals surface area contributed by atoms with E-state index in [9.17, 15) is 9.59 Å². The lowest BCUT2D eigenvalue weighted by molar-refractivity contribution is -0.0776. The number of terminal acetylenes is 2. The van der Waals surface area contributed by atoms with Gasteiger partial charge in [-0.05, 0) is 24.3 Å². The van der Waals surface area contributed by atoms with Gasteiger partial charge in [-0.15, -0.1) is 12.8 Å². The topological polar surface area (TPSA) is 71.1 Å². The summed E-state index contributed by atoms with van der Waals surface area (Å²) in [7, 11) is 0. The van der Waals surface area contributed by atoms with E-state index < -0.39 is 17.4 Å². The van der Waals surface area contributed by atoms with Crippen LogP contribution < -0.4 is 0 Å². The predicted octanol–water partition coefficient (Wildman–Crippen LogP) is 2.99. The smallest absolute Gasteiger partial charge is 0.338 e. The molecule has 0 unspecified atom stereocenters. The van der Waals surface area contributed by atoms with Crippen molar-refractivity contribution in [2.45, 2.75) is 0 Å². The molecule has 160 valence electrons. The van der Waals surface area contributed by atoms with Gasteiger partial charge >= 0.3 is 11.9 Å². The molecule has 0 fully saturated rings. The Kier molecular flexibility index (Phi) is 9.84. The fourth-order valence-electron chi connectivity index (χ4n) is 2.66. The maximum atomic E-state index is 12.4. The minimum absolute atomic E-state index is 0.0336. The molecule has 0 N–H and O–H groups in total. The van der Waals surface area contributed by atoms with E-state index in [-0.39, 0.29) is 39.6 Å². The number of hydrogen-bond acceptors (Lipinski definition) is 6. The second-order valence-electron chi connectivity index (χ2n) is 6.78. The van der Waals surface area contributed by atoms with Crippen molar-refractivity contribution in [1.29, 1.82) is 0 Å². The van der Waals surface area contributed by atoms with Crippen molar-refractivity contribution in [2.24, 2.45) is 5.41 Å². The molecule has 2 aromatic rings. The highest BCUT2D eigenvalue weighted by Crippen LogP contribution is 2.22. The highest BCUT2D eigenvalue weighted by Gasteiger charge is 2.35. The zero-order chi connectivity index (χ0) is 22.4. The average Bonchev–Trinajstić information content (AvgIpc) is 2.82. The van der Waals surface area contributed by atoms with Crippen LogP contribution in [0.3, 0.4) is 0 Å². The third-order valence-corrected chi connectivity index (χ3v) is 4.23. The van der Waals surface area contributed by atoms with Crippen LogP contribution in [0, 0.1) is 30.1 Å². The Morgan fingerprint density at radius 3 is 1.42 bits per heavy atom. The van der Waals surface area contributed by atoms with Crippen LogP contribution in [0.15, 0.2) is 60.7 Å². The summed E-state index contributed by atoms with van der Waals surface area (Å²) in [5, 5.41) is 0. The fraction of sp³-hybridized carbons (Fsp3) is 0.280. The summed E-state index contributed by atoms with van der Waals surface area (Å²) < 4.78 is 22.0. The van der Waals surface area contributed by atoms with E-state index in [4.69, 9.17) is 31.8 Å². The molecule has 6 nitrogen and oxygen atoms in total. The molecular weight excluding hydrogens is 396 g/mol. The van der Waals surface area contributed by atoms with E-state index in [1.165, 1.54) is 0 Å². The fourth-order valence-corrected chi connectivity index (χ4v) is 2.66. The van der Waals surface area contributed by atoms with Gasteiger partial charge in [0.05, 0.1) is 29.8 Å². The van der Waals surface area contributed by atoms with Crippen molar-refractivity contribution >= 4 is 11.9 Å². The summed E-state index contributed by atoms with van der Waals surface area (Å²) in [4.78, 5) is 24.9. The molecular formula is C25H24O6. The van der Waals surface area contributed by atoms with Gasteiger partial charge in [0.1, 0.15) is 26.4 Å². The number of benzene rings is 2. The van der Waals surface area contributed by atoms with Crippen molar-refractivity contribution in [3.63, 3.8) is 0 Å². The molecule has 6 heteroatoms. The SMILES string of the molecule is C#CCOCC(COCC#C)(COC(=O)c1ccccc1)COC(=O)c1ccccc1. The lowest BCUT2D eigenvalue weighted by Crippen LogP contribution is -2.43. The Balaban J connectivity index is 2.14. The van der Waals surface area contributed by atoms with E-state index in [2.05, 4.69) is 11.8 Å². The first-order valence-corrected chi connectivity index (χ1v) is 9.57. The molecule has 0 saturated heterocycles. The lowest BCUT2D eigenvalue weighted by atomic mass is 9.92. The first kappa shape index (κ1) is 23.7. The summed E-state index contributed by atoms with van der Waals surface area (Å²) in [6, 6.07) is 17.1. The summed E-state index contributed by atoms with van der Waals surface area (Å²) in [5.41, 5.74) is -0.207. The highest BCUT2D eigenvalue weighted by molar-refractivity contribution is 5.89. The van der Waals surface area contributed by atoms with Gasteiger partial charge in [0.15, 0.2) is 0 Å². The molecule has 0 heterocycles. The van der Waals surface area contributed by atoms with Crippen molar-refractivity contribution in [2.75, 3.05) is 39.6 Å². The van der Waals surface area contributed by atoms with Crippen LogP contribution in [0.25, 0.3) is 0 Å². The molecule has 0 aliphatic heterocycles. The third-order valence-electron chi connectivity index (χ3n) is 4.23. The van der Waals surface area contributed by atoms with Crippen LogP contribution in [0.4, 0.5) is 0 Å². The largest absolute Gasteiger partial charge is 0.461 e. The molecule has 0 bridgehead atoms. The molecule has 0 amide bonds. The number of esters is 2. The average molecular weight is 420 g/mol. The summed E-state index contributed by atoms with van der Waals surface area (Å²) >= 11 is 0. The van der Waals surface area contributed by atoms with Gasteiger partial charge < -0.3 is 18.9 Å². The number of ether oxygens (including phenoxy) is 4. The van der Waals surface area contributed by atoms with E-state index in [0.29, 0.717) is 11.1 Å². The number of rotatable bonds is 12. The molecule has 0 radical (unpaired) electrons. The Bertz CT molecular complexity index is 831. The molecule has 0 aliphatic rings. The van der Waals surface area contributed by atoms with Crippen molar-refractivity contribution in [3.8, 4) is 24.7 Å². The lowest BCUT2D eigenvalue weighted by Gasteiger charge is -2.31. The van der Waals surface area contributed by atoms with E-state index in [1.54, 1.807) is 60.7 Å². The zero-order valence-electron chi connectivity index (χ0n) is 17.1. The number of hydrogen-bond donors (Lipinski definition) is 0. The minimum Gasteiger partial charge on any atom is -0.461 e. The van der Waals surface area contributed by atoms with Crippen LogP contribution in [-0.4, -0.2) is 51.6 Å². The van der Waals surface area contributed by atoms with Crippen molar-refractivity contribution in [3.05, 3.63) is 71.8 Å². The summed E-state index contributed by atoms with van der Waals surface area (Å²) in [6.45, 7) is -0.111. The van der Waals surface area contributed by atoms with Gasteiger partial charge in [-0.25, -0.2) is 9.59 Å². The Morgan fingerprint density at radius 2 is 1.06 bits per heavy atom. The van der Waals surface area contributed by atoms with Gasteiger partial charge in [0.2, 0.25) is 0 Å². The van der Waals surface area contributed by atoms with E-state index in [1.807, 2.05) is 0 Å². The maximum absolute atomic E-state index is 12.4. The quantitative estimate of drug-likeness (QED) is 0.299. The maximum Gasteiger partial charge on any atom is 0.338 e. The van der Waals surface area contributed by atoms with Crippen LogP contribution in [0.2, 0.25) is 0 Å². The molecule has 0 saturated carbocycles. The Hall–Kier alpha value is -3.58. The van der Waals surface area contributed by atoms with E-state index >= 15 is 0 Å². The molecule has 0 atom stereocenters. The van der Waals surface area contributed by atoms with Gasteiger partial charge in [0.25, 0.3) is 0 Å². The minimum atomic E-state index is -0.997. The third kappa shape index (κ3) is 7.98.